The van der Waals surface area contributed by atoms with Gasteiger partial charge in [-0.25, -0.2) is 0 Å². The summed E-state index contributed by atoms with van der Waals surface area (Å²) < 4.78 is 5.31. The summed E-state index contributed by atoms with van der Waals surface area (Å²) in [5.41, 5.74) is 6.22. The molecule has 0 fully saturated rings. The molecule has 1 aromatic rings. The third kappa shape index (κ3) is 3.81. The third-order valence-corrected chi connectivity index (χ3v) is 2.30. The number of rotatable bonds is 5. The number of amides is 1. The molecule has 1 unspecified atom stereocenters. The summed E-state index contributed by atoms with van der Waals surface area (Å²) in [4.78, 5) is 11.4. The van der Waals surface area contributed by atoms with Crippen LogP contribution in [0.3, 0.4) is 0 Å². The van der Waals surface area contributed by atoms with Gasteiger partial charge < -0.3 is 15.8 Å². The number of hydrogen-bond acceptors (Lipinski definition) is 3. The zero-order chi connectivity index (χ0) is 12.0. The number of carbonyl (C=O) groups excluding carboxylic acids is 1. The fraction of sp³-hybridized carbons (Fsp3) is 0.417. The summed E-state index contributed by atoms with van der Waals surface area (Å²) in [6.07, 6.45) is 0.902. The number of benzene rings is 1. The molecule has 16 heavy (non-hydrogen) atoms. The summed E-state index contributed by atoms with van der Waals surface area (Å²) in [5.74, 6) is 0.416. The van der Waals surface area contributed by atoms with E-state index in [1.165, 1.54) is 0 Å². The van der Waals surface area contributed by atoms with Crippen molar-refractivity contribution in [1.82, 2.24) is 5.32 Å². The van der Waals surface area contributed by atoms with Crippen LogP contribution in [0.5, 0.6) is 5.75 Å². The molecule has 0 radical (unpaired) electrons. The van der Waals surface area contributed by atoms with Crippen molar-refractivity contribution in [3.05, 3.63) is 24.3 Å². The van der Waals surface area contributed by atoms with Gasteiger partial charge in [-0.05, 0) is 25.5 Å². The standard InChI is InChI=1S/C12H18N2O2/c1-3-9(2)14-12(15)8-16-11-7-5-4-6-10(11)13/h4-7,9H,3,8,13H2,1-2H3,(H,14,15). The van der Waals surface area contributed by atoms with Crippen LogP contribution in [-0.4, -0.2) is 18.6 Å². The van der Waals surface area contributed by atoms with Gasteiger partial charge in [0.25, 0.3) is 5.91 Å². The van der Waals surface area contributed by atoms with E-state index < -0.39 is 0 Å². The molecule has 0 aliphatic heterocycles. The fourth-order valence-electron chi connectivity index (χ4n) is 1.17. The SMILES string of the molecule is CCC(C)NC(=O)COc1ccccc1N. The number of para-hydroxylation sites is 2. The molecule has 88 valence electrons. The van der Waals surface area contributed by atoms with Gasteiger partial charge in [0.2, 0.25) is 0 Å². The maximum absolute atomic E-state index is 11.4. The lowest BCUT2D eigenvalue weighted by molar-refractivity contribution is -0.123. The highest BCUT2D eigenvalue weighted by Gasteiger charge is 2.07. The minimum Gasteiger partial charge on any atom is -0.482 e. The molecule has 1 rings (SSSR count). The zero-order valence-corrected chi connectivity index (χ0v) is 9.69. The predicted molar refractivity (Wildman–Crippen MR) is 64.2 cm³/mol. The first-order chi connectivity index (χ1) is 7.63. The molecule has 0 aromatic heterocycles. The van der Waals surface area contributed by atoms with Crippen LogP contribution in [0.1, 0.15) is 20.3 Å². The first-order valence-electron chi connectivity index (χ1n) is 5.40. The maximum Gasteiger partial charge on any atom is 0.258 e. The largest absolute Gasteiger partial charge is 0.482 e. The maximum atomic E-state index is 11.4. The number of anilines is 1. The Morgan fingerprint density at radius 1 is 1.50 bits per heavy atom. The number of nitrogen functional groups attached to an aromatic ring is 1. The molecule has 0 saturated heterocycles. The molecule has 0 bridgehead atoms. The molecule has 1 amide bonds. The van der Waals surface area contributed by atoms with Gasteiger partial charge in [-0.15, -0.1) is 0 Å². The molecule has 0 heterocycles. The van der Waals surface area contributed by atoms with Crippen LogP contribution in [0, 0.1) is 0 Å². The van der Waals surface area contributed by atoms with Crippen molar-refractivity contribution in [2.45, 2.75) is 26.3 Å². The van der Waals surface area contributed by atoms with E-state index in [0.717, 1.165) is 6.42 Å². The molecular formula is C12H18N2O2. The van der Waals surface area contributed by atoms with Crippen molar-refractivity contribution in [2.24, 2.45) is 0 Å². The monoisotopic (exact) mass is 222 g/mol. The van der Waals surface area contributed by atoms with Crippen molar-refractivity contribution in [3.8, 4) is 5.75 Å². The Morgan fingerprint density at radius 2 is 2.19 bits per heavy atom. The van der Waals surface area contributed by atoms with Crippen molar-refractivity contribution in [2.75, 3.05) is 12.3 Å². The molecule has 0 aliphatic carbocycles. The van der Waals surface area contributed by atoms with Crippen LogP contribution in [0.4, 0.5) is 5.69 Å². The highest BCUT2D eigenvalue weighted by atomic mass is 16.5. The van der Waals surface area contributed by atoms with Gasteiger partial charge in [0.15, 0.2) is 6.61 Å². The first kappa shape index (κ1) is 12.4. The van der Waals surface area contributed by atoms with E-state index >= 15 is 0 Å². The van der Waals surface area contributed by atoms with Crippen molar-refractivity contribution >= 4 is 11.6 Å². The smallest absolute Gasteiger partial charge is 0.258 e. The average molecular weight is 222 g/mol. The van der Waals surface area contributed by atoms with Gasteiger partial charge in [-0.1, -0.05) is 19.1 Å². The Labute approximate surface area is 95.8 Å². The molecule has 0 saturated carbocycles. The average Bonchev–Trinajstić information content (AvgIpc) is 2.28. The second-order valence-electron chi connectivity index (χ2n) is 3.70. The first-order valence-corrected chi connectivity index (χ1v) is 5.40. The van der Waals surface area contributed by atoms with Crippen LogP contribution in [-0.2, 0) is 4.79 Å². The number of hydrogen-bond donors (Lipinski definition) is 2. The summed E-state index contributed by atoms with van der Waals surface area (Å²) in [6.45, 7) is 3.97. The topological polar surface area (TPSA) is 64.3 Å². The van der Waals surface area contributed by atoms with Crippen LogP contribution in [0.2, 0.25) is 0 Å². The molecule has 1 aromatic carbocycles. The van der Waals surface area contributed by atoms with Gasteiger partial charge >= 0.3 is 0 Å². The minimum atomic E-state index is -0.127. The van der Waals surface area contributed by atoms with Gasteiger partial charge in [0, 0.05) is 6.04 Å². The highest BCUT2D eigenvalue weighted by Crippen LogP contribution is 2.19. The van der Waals surface area contributed by atoms with E-state index in [1.807, 2.05) is 26.0 Å². The van der Waals surface area contributed by atoms with Gasteiger partial charge in [-0.3, -0.25) is 4.79 Å². The molecule has 0 spiro atoms. The Hall–Kier alpha value is -1.71. The van der Waals surface area contributed by atoms with E-state index in [9.17, 15) is 4.79 Å². The Balaban J connectivity index is 2.40. The van der Waals surface area contributed by atoms with Gasteiger partial charge in [0.05, 0.1) is 5.69 Å². The van der Waals surface area contributed by atoms with E-state index in [4.69, 9.17) is 10.5 Å². The molecule has 4 heteroatoms. The zero-order valence-electron chi connectivity index (χ0n) is 9.69. The number of nitrogens with two attached hydrogens (primary N) is 1. The minimum absolute atomic E-state index is 0.00144. The van der Waals surface area contributed by atoms with Gasteiger partial charge in [0.1, 0.15) is 5.75 Å². The Morgan fingerprint density at radius 3 is 2.81 bits per heavy atom. The van der Waals surface area contributed by atoms with Crippen LogP contribution >= 0.6 is 0 Å². The van der Waals surface area contributed by atoms with E-state index in [-0.39, 0.29) is 18.6 Å². The molecule has 1 atom stereocenters. The van der Waals surface area contributed by atoms with E-state index in [0.29, 0.717) is 11.4 Å². The van der Waals surface area contributed by atoms with Crippen LogP contribution in [0.15, 0.2) is 24.3 Å². The molecule has 3 N–H and O–H groups in total. The molecular weight excluding hydrogens is 204 g/mol. The lowest BCUT2D eigenvalue weighted by Gasteiger charge is -2.12. The van der Waals surface area contributed by atoms with Gasteiger partial charge in [-0.2, -0.15) is 0 Å². The van der Waals surface area contributed by atoms with E-state index in [1.54, 1.807) is 12.1 Å². The second-order valence-corrected chi connectivity index (χ2v) is 3.70. The summed E-state index contributed by atoms with van der Waals surface area (Å²) >= 11 is 0. The van der Waals surface area contributed by atoms with Crippen molar-refractivity contribution in [1.29, 1.82) is 0 Å². The van der Waals surface area contributed by atoms with E-state index in [2.05, 4.69) is 5.32 Å². The molecule has 0 aliphatic rings. The lowest BCUT2D eigenvalue weighted by Crippen LogP contribution is -2.35. The Kier molecular flexibility index (Phi) is 4.64. The quantitative estimate of drug-likeness (QED) is 0.743. The Bertz CT molecular complexity index is 353. The van der Waals surface area contributed by atoms with Crippen molar-refractivity contribution < 1.29 is 9.53 Å². The predicted octanol–water partition coefficient (Wildman–Crippen LogP) is 1.56. The third-order valence-electron chi connectivity index (χ3n) is 2.30. The second kappa shape index (κ2) is 6.00. The summed E-state index contributed by atoms with van der Waals surface area (Å²) in [6, 6.07) is 7.29. The van der Waals surface area contributed by atoms with Crippen LogP contribution < -0.4 is 15.8 Å². The summed E-state index contributed by atoms with van der Waals surface area (Å²) in [7, 11) is 0. The highest BCUT2D eigenvalue weighted by molar-refractivity contribution is 5.78. The lowest BCUT2D eigenvalue weighted by atomic mass is 10.2. The normalized spacial score (nSPS) is 11.9. The summed E-state index contributed by atoms with van der Waals surface area (Å²) in [5, 5.41) is 2.81. The molecule has 4 nitrogen and oxygen atoms in total. The van der Waals surface area contributed by atoms with Crippen molar-refractivity contribution in [3.63, 3.8) is 0 Å². The number of ether oxygens (including phenoxy) is 1. The fourth-order valence-corrected chi connectivity index (χ4v) is 1.17. The number of carbonyl (C=O) groups is 1. The number of nitrogens with one attached hydrogen (secondary N) is 1. The van der Waals surface area contributed by atoms with Crippen LogP contribution in [0.25, 0.3) is 0 Å².